The Kier molecular flexibility index (Phi) is 6.04. The van der Waals surface area contributed by atoms with Gasteiger partial charge in [-0.2, -0.15) is 0 Å². The van der Waals surface area contributed by atoms with E-state index in [0.717, 1.165) is 17.1 Å². The highest BCUT2D eigenvalue weighted by molar-refractivity contribution is 6.76. The first-order chi connectivity index (χ1) is 12.2. The second-order valence-electron chi connectivity index (χ2n) is 9.46. The van der Waals surface area contributed by atoms with Crippen molar-refractivity contribution in [3.63, 3.8) is 0 Å². The molecular formula is C19H33BN2O4Si. The molecule has 0 radical (unpaired) electrons. The van der Waals surface area contributed by atoms with E-state index < -0.39 is 32.5 Å². The van der Waals surface area contributed by atoms with Crippen molar-refractivity contribution < 1.29 is 18.8 Å². The van der Waals surface area contributed by atoms with Crippen LogP contribution in [0.25, 0.3) is 0 Å². The van der Waals surface area contributed by atoms with Gasteiger partial charge in [0.2, 0.25) is 0 Å². The molecule has 1 amide bonds. The van der Waals surface area contributed by atoms with Gasteiger partial charge in [-0.25, -0.2) is 4.79 Å². The molecule has 1 saturated heterocycles. The molecule has 150 valence electrons. The molecule has 0 bridgehead atoms. The molecule has 6 nitrogen and oxygen atoms in total. The number of carbonyl (C=O) groups excluding carboxylic acids is 1. The molecule has 0 aliphatic carbocycles. The minimum atomic E-state index is -1.23. The van der Waals surface area contributed by atoms with E-state index in [-0.39, 0.29) is 0 Å². The number of nitrogens with two attached hydrogens (primary N) is 1. The zero-order chi connectivity index (χ0) is 20.6. The highest BCUT2D eigenvalue weighted by atomic mass is 28.3. The number of hydrogen-bond donors (Lipinski definition) is 2. The van der Waals surface area contributed by atoms with E-state index in [1.54, 1.807) is 6.07 Å². The maximum absolute atomic E-state index is 12.0. The molecule has 1 aromatic carbocycles. The van der Waals surface area contributed by atoms with Gasteiger partial charge < -0.3 is 19.8 Å². The SMILES string of the molecule is Cc1cc(NC(=O)OCC[Si](C)(C)C)cc(N)c1B1OC(C)(C)C(C)(C)O1. The van der Waals surface area contributed by atoms with E-state index >= 15 is 0 Å². The zero-order valence-corrected chi connectivity index (χ0v) is 18.9. The lowest BCUT2D eigenvalue weighted by Crippen LogP contribution is -2.41. The average molecular weight is 392 g/mol. The van der Waals surface area contributed by atoms with Gasteiger partial charge in [0.1, 0.15) is 0 Å². The van der Waals surface area contributed by atoms with Crippen molar-refractivity contribution in [3.8, 4) is 0 Å². The quantitative estimate of drug-likeness (QED) is 0.589. The molecule has 1 aliphatic rings. The number of amides is 1. The Morgan fingerprint density at radius 3 is 2.22 bits per heavy atom. The van der Waals surface area contributed by atoms with Gasteiger partial charge >= 0.3 is 13.2 Å². The Balaban J connectivity index is 2.08. The molecule has 8 heteroatoms. The number of benzene rings is 1. The predicted octanol–water partition coefficient (Wildman–Crippen LogP) is 3.76. The maximum Gasteiger partial charge on any atom is 0.497 e. The van der Waals surface area contributed by atoms with Crippen LogP contribution in [0.3, 0.4) is 0 Å². The third-order valence-electron chi connectivity index (χ3n) is 5.24. The summed E-state index contributed by atoms with van der Waals surface area (Å²) in [5.41, 5.74) is 8.20. The smallest absolute Gasteiger partial charge is 0.450 e. The molecule has 27 heavy (non-hydrogen) atoms. The fraction of sp³-hybridized carbons (Fsp3) is 0.632. The van der Waals surface area contributed by atoms with E-state index in [2.05, 4.69) is 25.0 Å². The van der Waals surface area contributed by atoms with Crippen molar-refractivity contribution in [2.24, 2.45) is 0 Å². The van der Waals surface area contributed by atoms with Gasteiger partial charge in [-0.05, 0) is 58.4 Å². The zero-order valence-electron chi connectivity index (χ0n) is 17.9. The van der Waals surface area contributed by atoms with Crippen molar-refractivity contribution in [2.75, 3.05) is 17.7 Å². The predicted molar refractivity (Wildman–Crippen MR) is 114 cm³/mol. The van der Waals surface area contributed by atoms with Crippen LogP contribution >= 0.6 is 0 Å². The summed E-state index contributed by atoms with van der Waals surface area (Å²) >= 11 is 0. The summed E-state index contributed by atoms with van der Waals surface area (Å²) in [6, 6.07) is 4.51. The normalized spacial score (nSPS) is 18.4. The maximum atomic E-state index is 12.0. The van der Waals surface area contributed by atoms with Gasteiger partial charge in [-0.3, -0.25) is 5.32 Å². The second-order valence-corrected chi connectivity index (χ2v) is 15.1. The summed E-state index contributed by atoms with van der Waals surface area (Å²) in [5, 5.41) is 2.75. The Morgan fingerprint density at radius 2 is 1.74 bits per heavy atom. The molecule has 1 fully saturated rings. The Hall–Kier alpha value is -1.51. The van der Waals surface area contributed by atoms with Gasteiger partial charge in [-0.15, -0.1) is 0 Å². The first-order valence-electron chi connectivity index (χ1n) is 9.41. The molecule has 1 aromatic rings. The van der Waals surface area contributed by atoms with Crippen molar-refractivity contribution >= 4 is 38.1 Å². The van der Waals surface area contributed by atoms with Gasteiger partial charge in [0.15, 0.2) is 0 Å². The number of ether oxygens (including phenoxy) is 1. The van der Waals surface area contributed by atoms with E-state index in [1.165, 1.54) is 0 Å². The van der Waals surface area contributed by atoms with E-state index in [4.69, 9.17) is 19.8 Å². The highest BCUT2D eigenvalue weighted by Gasteiger charge is 2.52. The van der Waals surface area contributed by atoms with Crippen LogP contribution in [0, 0.1) is 6.92 Å². The van der Waals surface area contributed by atoms with Crippen LogP contribution in [0.2, 0.25) is 25.7 Å². The molecule has 0 unspecified atom stereocenters. The molecule has 2 rings (SSSR count). The molecule has 3 N–H and O–H groups in total. The largest absolute Gasteiger partial charge is 0.497 e. The number of nitrogens with one attached hydrogen (secondary N) is 1. The minimum absolute atomic E-state index is 0.433. The molecule has 0 aromatic heterocycles. The van der Waals surface area contributed by atoms with Crippen molar-refractivity contribution in [1.29, 1.82) is 0 Å². The standard InChI is InChI=1S/C19H33BN2O4Si/c1-13-11-14(22-17(23)24-9-10-27(6,7)8)12-15(21)16(13)20-25-18(2,3)19(4,5)26-20/h11-12H,9-10,21H2,1-8H3,(H,22,23). The Bertz CT molecular complexity index is 677. The van der Waals surface area contributed by atoms with Crippen LogP contribution in [-0.2, 0) is 14.0 Å². The molecule has 0 spiro atoms. The van der Waals surface area contributed by atoms with Crippen LogP contribution in [-0.4, -0.2) is 39.1 Å². The third-order valence-corrected chi connectivity index (χ3v) is 6.94. The summed E-state index contributed by atoms with van der Waals surface area (Å²) in [7, 11) is -1.77. The van der Waals surface area contributed by atoms with Crippen LogP contribution in [0.4, 0.5) is 16.2 Å². The van der Waals surface area contributed by atoms with Gasteiger partial charge in [-0.1, -0.05) is 19.6 Å². The fourth-order valence-electron chi connectivity index (χ4n) is 2.78. The third kappa shape index (κ3) is 5.27. The van der Waals surface area contributed by atoms with Crippen molar-refractivity contribution in [1.82, 2.24) is 0 Å². The van der Waals surface area contributed by atoms with Crippen LogP contribution in [0.15, 0.2) is 12.1 Å². The summed E-state index contributed by atoms with van der Waals surface area (Å²) in [6.07, 6.45) is -0.463. The fourth-order valence-corrected chi connectivity index (χ4v) is 3.50. The summed E-state index contributed by atoms with van der Waals surface area (Å²) in [5.74, 6) is 0. The average Bonchev–Trinajstić information content (AvgIpc) is 2.64. The number of aryl methyl sites for hydroxylation is 1. The second kappa shape index (κ2) is 7.49. The van der Waals surface area contributed by atoms with Crippen LogP contribution in [0.1, 0.15) is 33.3 Å². The van der Waals surface area contributed by atoms with E-state index in [1.807, 2.05) is 40.7 Å². The lowest BCUT2D eigenvalue weighted by molar-refractivity contribution is 0.00578. The molecule has 0 saturated carbocycles. The number of carbonyl (C=O) groups is 1. The highest BCUT2D eigenvalue weighted by Crippen LogP contribution is 2.37. The molecule has 1 aliphatic heterocycles. The topological polar surface area (TPSA) is 82.8 Å². The van der Waals surface area contributed by atoms with E-state index in [0.29, 0.717) is 18.0 Å². The summed E-state index contributed by atoms with van der Waals surface area (Å²) < 4.78 is 17.5. The van der Waals surface area contributed by atoms with Crippen LogP contribution < -0.4 is 16.5 Å². The van der Waals surface area contributed by atoms with Gasteiger partial charge in [0, 0.05) is 24.9 Å². The number of anilines is 2. The molecule has 1 heterocycles. The Morgan fingerprint density at radius 1 is 1.19 bits per heavy atom. The molecule has 0 atom stereocenters. The van der Waals surface area contributed by atoms with Gasteiger partial charge in [0.25, 0.3) is 0 Å². The van der Waals surface area contributed by atoms with Crippen molar-refractivity contribution in [2.45, 2.75) is 71.5 Å². The number of nitrogen functional groups attached to an aromatic ring is 1. The summed E-state index contributed by atoms with van der Waals surface area (Å²) in [4.78, 5) is 12.0. The van der Waals surface area contributed by atoms with Crippen LogP contribution in [0.5, 0.6) is 0 Å². The minimum Gasteiger partial charge on any atom is -0.450 e. The monoisotopic (exact) mass is 392 g/mol. The summed E-state index contributed by atoms with van der Waals surface area (Å²) in [6.45, 7) is 17.1. The first-order valence-corrected chi connectivity index (χ1v) is 13.1. The Labute approximate surface area is 164 Å². The number of hydrogen-bond acceptors (Lipinski definition) is 5. The van der Waals surface area contributed by atoms with Crippen molar-refractivity contribution in [3.05, 3.63) is 17.7 Å². The molecular weight excluding hydrogens is 359 g/mol. The van der Waals surface area contributed by atoms with Gasteiger partial charge in [0.05, 0.1) is 17.8 Å². The number of rotatable bonds is 5. The lowest BCUT2D eigenvalue weighted by Gasteiger charge is -2.32. The van der Waals surface area contributed by atoms with E-state index in [9.17, 15) is 4.79 Å². The lowest BCUT2D eigenvalue weighted by atomic mass is 9.75. The first kappa shape index (κ1) is 21.8.